The van der Waals surface area contributed by atoms with Crippen molar-refractivity contribution in [2.24, 2.45) is 0 Å². The van der Waals surface area contributed by atoms with E-state index in [1.165, 1.54) is 6.04 Å². The Morgan fingerprint density at radius 1 is 1.12 bits per heavy atom. The summed E-state index contributed by atoms with van der Waals surface area (Å²) in [5.74, 6) is 0. The Bertz CT molecular complexity index is 333. The summed E-state index contributed by atoms with van der Waals surface area (Å²) in [6.45, 7) is 14.6. The highest BCUT2D eigenvalue weighted by atomic mass is 28.3. The van der Waals surface area contributed by atoms with Gasteiger partial charge in [0, 0.05) is 8.07 Å². The lowest BCUT2D eigenvalue weighted by Crippen LogP contribution is -2.22. The van der Waals surface area contributed by atoms with Crippen LogP contribution in [0.2, 0.25) is 45.3 Å². The quantitative estimate of drug-likeness (QED) is 0.617. The van der Waals surface area contributed by atoms with Gasteiger partial charge in [-0.2, -0.15) is 0 Å². The fourth-order valence-electron chi connectivity index (χ4n) is 2.04. The van der Waals surface area contributed by atoms with Crippen LogP contribution < -0.4 is 0 Å². The van der Waals surface area contributed by atoms with Gasteiger partial charge in [-0.15, -0.1) is 0 Å². The van der Waals surface area contributed by atoms with Gasteiger partial charge >= 0.3 is 0 Å². The zero-order valence-electron chi connectivity index (χ0n) is 11.7. The lowest BCUT2D eigenvalue weighted by molar-refractivity contribution is 1.17. The maximum absolute atomic E-state index is 2.59. The molecule has 0 atom stereocenters. The summed E-state index contributed by atoms with van der Waals surface area (Å²) in [5, 5.41) is 0. The van der Waals surface area contributed by atoms with Crippen molar-refractivity contribution >= 4 is 16.1 Å². The SMILES string of the molecule is C[Si](C)(C)C=C1CC=CC=C1C[Si](C)(C)C. The molecule has 1 aliphatic carbocycles. The summed E-state index contributed by atoms with van der Waals surface area (Å²) >= 11 is 0. The number of hydrogen-bond donors (Lipinski definition) is 0. The van der Waals surface area contributed by atoms with E-state index in [0.29, 0.717) is 0 Å². The normalized spacial score (nSPS) is 20.1. The Hall–Kier alpha value is -0.346. The molecule has 90 valence electrons. The zero-order chi connectivity index (χ0) is 12.4. The minimum Gasteiger partial charge on any atom is -0.0913 e. The Balaban J connectivity index is 2.91. The van der Waals surface area contributed by atoms with E-state index in [-0.39, 0.29) is 0 Å². The molecule has 0 radical (unpaired) electrons. The molecular weight excluding hydrogens is 224 g/mol. The predicted octanol–water partition coefficient (Wildman–Crippen LogP) is 5.01. The third-order valence-electron chi connectivity index (χ3n) is 2.51. The van der Waals surface area contributed by atoms with Crippen molar-refractivity contribution in [3.05, 3.63) is 35.1 Å². The highest BCUT2D eigenvalue weighted by molar-refractivity contribution is 6.81. The molecule has 0 unspecified atom stereocenters. The van der Waals surface area contributed by atoms with Crippen LogP contribution in [0.15, 0.2) is 35.1 Å². The zero-order valence-corrected chi connectivity index (χ0v) is 13.7. The van der Waals surface area contributed by atoms with E-state index in [9.17, 15) is 0 Å². The van der Waals surface area contributed by atoms with E-state index in [1.54, 1.807) is 11.1 Å². The van der Waals surface area contributed by atoms with E-state index in [1.807, 2.05) is 0 Å². The van der Waals surface area contributed by atoms with Crippen LogP contribution in [-0.2, 0) is 0 Å². The molecule has 1 rings (SSSR count). The first kappa shape index (κ1) is 13.7. The van der Waals surface area contributed by atoms with Gasteiger partial charge in [0.2, 0.25) is 0 Å². The molecule has 1 aliphatic rings. The monoisotopic (exact) mass is 250 g/mol. The molecular formula is C14H26Si2. The summed E-state index contributed by atoms with van der Waals surface area (Å²) in [6.07, 6.45) is 8.02. The minimum absolute atomic E-state index is 0.989. The average Bonchev–Trinajstić information content (AvgIpc) is 2.03. The fourth-order valence-corrected chi connectivity index (χ4v) is 4.87. The second-order valence-corrected chi connectivity index (χ2v) is 17.6. The number of allylic oxidation sites excluding steroid dienone is 5. The average molecular weight is 251 g/mol. The topological polar surface area (TPSA) is 0 Å². The molecule has 0 nitrogen and oxygen atoms in total. The molecule has 16 heavy (non-hydrogen) atoms. The van der Waals surface area contributed by atoms with E-state index in [2.05, 4.69) is 63.2 Å². The minimum atomic E-state index is -1.08. The van der Waals surface area contributed by atoms with E-state index < -0.39 is 16.1 Å². The predicted molar refractivity (Wildman–Crippen MR) is 81.4 cm³/mol. The fraction of sp³-hybridized carbons (Fsp3) is 0.571. The molecule has 0 saturated carbocycles. The Labute approximate surface area is 103 Å². The molecule has 0 aromatic carbocycles. The third-order valence-corrected chi connectivity index (χ3v) is 5.17. The van der Waals surface area contributed by atoms with Gasteiger partial charge in [0.05, 0.1) is 8.07 Å². The highest BCUT2D eigenvalue weighted by Gasteiger charge is 2.20. The van der Waals surface area contributed by atoms with Crippen molar-refractivity contribution in [2.75, 3.05) is 0 Å². The molecule has 0 spiro atoms. The Kier molecular flexibility index (Phi) is 4.19. The largest absolute Gasteiger partial charge is 0.0913 e. The second-order valence-electron chi connectivity index (χ2n) is 7.10. The molecule has 0 aromatic rings. The molecule has 0 bridgehead atoms. The number of rotatable bonds is 3. The van der Waals surface area contributed by atoms with E-state index >= 15 is 0 Å². The van der Waals surface area contributed by atoms with Gasteiger partial charge in [-0.1, -0.05) is 63.2 Å². The maximum atomic E-state index is 2.59. The first-order chi connectivity index (χ1) is 7.17. The molecule has 0 heterocycles. The highest BCUT2D eigenvalue weighted by Crippen LogP contribution is 2.29. The van der Waals surface area contributed by atoms with Crippen molar-refractivity contribution < 1.29 is 0 Å². The van der Waals surface area contributed by atoms with Crippen LogP contribution in [0.1, 0.15) is 6.42 Å². The lowest BCUT2D eigenvalue weighted by atomic mass is 10.0. The molecule has 0 aliphatic heterocycles. The van der Waals surface area contributed by atoms with Crippen molar-refractivity contribution in [3.63, 3.8) is 0 Å². The summed E-state index contributed by atoms with van der Waals surface area (Å²) in [7, 11) is -2.07. The van der Waals surface area contributed by atoms with Crippen LogP contribution in [0.25, 0.3) is 0 Å². The van der Waals surface area contributed by atoms with Crippen LogP contribution in [0.5, 0.6) is 0 Å². The van der Waals surface area contributed by atoms with Crippen LogP contribution in [0.3, 0.4) is 0 Å². The van der Waals surface area contributed by atoms with E-state index in [4.69, 9.17) is 0 Å². The summed E-state index contributed by atoms with van der Waals surface area (Å²) in [6, 6.07) is 1.33. The van der Waals surface area contributed by atoms with Crippen molar-refractivity contribution in [1.82, 2.24) is 0 Å². The second kappa shape index (κ2) is 4.88. The molecule has 0 N–H and O–H groups in total. The van der Waals surface area contributed by atoms with Gasteiger partial charge in [0.25, 0.3) is 0 Å². The van der Waals surface area contributed by atoms with Crippen molar-refractivity contribution in [1.29, 1.82) is 0 Å². The molecule has 0 aromatic heterocycles. The smallest absolute Gasteiger partial charge is 0.0690 e. The van der Waals surface area contributed by atoms with Gasteiger partial charge in [0.15, 0.2) is 0 Å². The van der Waals surface area contributed by atoms with Crippen LogP contribution >= 0.6 is 0 Å². The van der Waals surface area contributed by atoms with Gasteiger partial charge < -0.3 is 0 Å². The van der Waals surface area contributed by atoms with E-state index in [0.717, 1.165) is 6.42 Å². The first-order valence-corrected chi connectivity index (χ1v) is 13.5. The van der Waals surface area contributed by atoms with Gasteiger partial charge in [-0.25, -0.2) is 0 Å². The van der Waals surface area contributed by atoms with Crippen LogP contribution in [0, 0.1) is 0 Å². The standard InChI is InChI=1S/C14H26Si2/c1-15(2,3)11-13-9-7-8-10-14(13)12-16(4,5)6/h7-9,12H,10-11H2,1-6H3. The third kappa shape index (κ3) is 5.12. The van der Waals surface area contributed by atoms with Crippen molar-refractivity contribution in [3.8, 4) is 0 Å². The van der Waals surface area contributed by atoms with Gasteiger partial charge in [-0.05, 0) is 23.6 Å². The lowest BCUT2D eigenvalue weighted by Gasteiger charge is -2.23. The van der Waals surface area contributed by atoms with Crippen molar-refractivity contribution in [2.45, 2.75) is 51.7 Å². The van der Waals surface area contributed by atoms with Crippen LogP contribution in [-0.4, -0.2) is 16.1 Å². The summed E-state index contributed by atoms with van der Waals surface area (Å²) in [4.78, 5) is 0. The summed E-state index contributed by atoms with van der Waals surface area (Å²) < 4.78 is 0. The summed E-state index contributed by atoms with van der Waals surface area (Å²) in [5.41, 5.74) is 5.82. The first-order valence-electron chi connectivity index (χ1n) is 6.25. The molecule has 2 heteroatoms. The van der Waals surface area contributed by atoms with Crippen LogP contribution in [0.4, 0.5) is 0 Å². The Morgan fingerprint density at radius 3 is 2.25 bits per heavy atom. The van der Waals surface area contributed by atoms with Gasteiger partial charge in [0.1, 0.15) is 0 Å². The molecule has 0 saturated heterocycles. The molecule has 0 fully saturated rings. The number of hydrogen-bond acceptors (Lipinski definition) is 0. The maximum Gasteiger partial charge on any atom is 0.0690 e. The molecule has 0 amide bonds. The van der Waals surface area contributed by atoms with Gasteiger partial charge in [-0.3, -0.25) is 0 Å². The Morgan fingerprint density at radius 2 is 1.75 bits per heavy atom.